The number of hydrogen-bond acceptors (Lipinski definition) is 4. The van der Waals surface area contributed by atoms with E-state index in [1.165, 1.54) is 6.08 Å². The maximum atomic E-state index is 12.3. The Morgan fingerprint density at radius 2 is 2.32 bits per heavy atom. The van der Waals surface area contributed by atoms with Crippen LogP contribution in [0.1, 0.15) is 18.1 Å². The summed E-state index contributed by atoms with van der Waals surface area (Å²) in [7, 11) is 0. The van der Waals surface area contributed by atoms with E-state index in [9.17, 15) is 14.7 Å². The first-order chi connectivity index (χ1) is 10.5. The predicted molar refractivity (Wildman–Crippen MR) is 79.9 cm³/mol. The van der Waals surface area contributed by atoms with Crippen LogP contribution in [0.25, 0.3) is 0 Å². The zero-order valence-electron chi connectivity index (χ0n) is 12.1. The van der Waals surface area contributed by atoms with Crippen LogP contribution in [0, 0.1) is 0 Å². The lowest BCUT2D eigenvalue weighted by molar-refractivity contribution is -0.378. The van der Waals surface area contributed by atoms with Crippen LogP contribution in [0.2, 0.25) is 0 Å². The van der Waals surface area contributed by atoms with Crippen LogP contribution in [0.5, 0.6) is 5.88 Å². The molecule has 0 spiro atoms. The summed E-state index contributed by atoms with van der Waals surface area (Å²) in [4.78, 5) is 32.8. The number of pyridine rings is 1. The SMILES string of the molecule is C=CCn1c([O-])c(C(C)=NCc2ccc[nH+]c2)c(=O)[nH]c1=O. The molecule has 2 heterocycles. The second kappa shape index (κ2) is 6.66. The van der Waals surface area contributed by atoms with E-state index in [1.807, 2.05) is 12.1 Å². The number of nitrogens with one attached hydrogen (secondary N) is 2. The topological polar surface area (TPSA) is 104 Å². The Kier molecular flexibility index (Phi) is 4.67. The third kappa shape index (κ3) is 3.20. The van der Waals surface area contributed by atoms with E-state index in [4.69, 9.17) is 0 Å². The van der Waals surface area contributed by atoms with E-state index < -0.39 is 17.1 Å². The molecule has 2 rings (SSSR count). The van der Waals surface area contributed by atoms with Gasteiger partial charge in [-0.05, 0) is 18.9 Å². The first kappa shape index (κ1) is 15.4. The molecule has 0 saturated carbocycles. The number of aromatic amines is 2. The second-order valence-electron chi connectivity index (χ2n) is 4.65. The quantitative estimate of drug-likeness (QED) is 0.601. The summed E-state index contributed by atoms with van der Waals surface area (Å²) in [5.74, 6) is -0.658. The molecule has 0 radical (unpaired) electrons. The van der Waals surface area contributed by atoms with Crippen LogP contribution in [-0.2, 0) is 13.1 Å². The van der Waals surface area contributed by atoms with Gasteiger partial charge in [0.2, 0.25) is 0 Å². The summed E-state index contributed by atoms with van der Waals surface area (Å²) in [5.41, 5.74) is -0.403. The van der Waals surface area contributed by atoms with Crippen molar-refractivity contribution in [3.8, 4) is 5.88 Å². The number of aliphatic imine (C=N–C) groups is 1. The standard InChI is InChI=1S/C15H16N4O3/c1-3-7-19-14(21)12(13(20)18-15(19)22)10(2)17-9-11-5-4-6-16-8-11/h3-6,8,21H,1,7,9H2,2H3,(H,18,20,22). The molecule has 0 bridgehead atoms. The summed E-state index contributed by atoms with van der Waals surface area (Å²) in [6.07, 6.45) is 4.96. The fourth-order valence-corrected chi connectivity index (χ4v) is 1.98. The molecule has 7 heteroatoms. The van der Waals surface area contributed by atoms with Gasteiger partial charge >= 0.3 is 5.69 Å². The van der Waals surface area contributed by atoms with Gasteiger partial charge < -0.3 is 9.67 Å². The first-order valence-electron chi connectivity index (χ1n) is 6.66. The zero-order valence-corrected chi connectivity index (χ0v) is 12.1. The first-order valence-corrected chi connectivity index (χ1v) is 6.66. The Morgan fingerprint density at radius 1 is 1.55 bits per heavy atom. The van der Waals surface area contributed by atoms with Crippen LogP contribution < -0.4 is 21.3 Å². The minimum atomic E-state index is -0.746. The van der Waals surface area contributed by atoms with Gasteiger partial charge in [-0.2, -0.15) is 0 Å². The normalized spacial score (nSPS) is 11.4. The van der Waals surface area contributed by atoms with Gasteiger partial charge in [-0.25, -0.2) is 9.78 Å². The van der Waals surface area contributed by atoms with Gasteiger partial charge in [-0.15, -0.1) is 6.58 Å². The molecule has 0 aliphatic heterocycles. The molecule has 114 valence electrons. The van der Waals surface area contributed by atoms with Gasteiger partial charge in [0.25, 0.3) is 5.56 Å². The largest absolute Gasteiger partial charge is 0.859 e. The fourth-order valence-electron chi connectivity index (χ4n) is 1.98. The van der Waals surface area contributed by atoms with E-state index in [-0.39, 0.29) is 17.8 Å². The molecule has 0 aromatic carbocycles. The molecule has 0 unspecified atom stereocenters. The predicted octanol–water partition coefficient (Wildman–Crippen LogP) is -0.380. The highest BCUT2D eigenvalue weighted by atomic mass is 16.3. The lowest BCUT2D eigenvalue weighted by Gasteiger charge is -2.18. The van der Waals surface area contributed by atoms with Crippen molar-refractivity contribution in [2.75, 3.05) is 0 Å². The molecule has 2 aromatic heterocycles. The number of allylic oxidation sites excluding steroid dienone is 1. The number of H-pyrrole nitrogens is 2. The molecule has 7 nitrogen and oxygen atoms in total. The van der Waals surface area contributed by atoms with E-state index in [2.05, 4.69) is 21.5 Å². The number of aromatic nitrogens is 3. The van der Waals surface area contributed by atoms with Gasteiger partial charge in [-0.3, -0.25) is 14.8 Å². The van der Waals surface area contributed by atoms with Gasteiger partial charge in [0, 0.05) is 23.9 Å². The van der Waals surface area contributed by atoms with Crippen molar-refractivity contribution in [2.24, 2.45) is 4.99 Å². The molecule has 2 aromatic rings. The van der Waals surface area contributed by atoms with Crippen molar-refractivity contribution in [1.29, 1.82) is 0 Å². The summed E-state index contributed by atoms with van der Waals surface area (Å²) < 4.78 is 0.916. The van der Waals surface area contributed by atoms with E-state index in [0.717, 1.165) is 10.1 Å². The van der Waals surface area contributed by atoms with Crippen molar-refractivity contribution in [2.45, 2.75) is 20.0 Å². The molecular weight excluding hydrogens is 284 g/mol. The van der Waals surface area contributed by atoms with Crippen molar-refractivity contribution >= 4 is 5.71 Å². The summed E-state index contributed by atoms with van der Waals surface area (Å²) in [5, 5.41) is 12.3. The van der Waals surface area contributed by atoms with Crippen LogP contribution in [-0.4, -0.2) is 15.3 Å². The van der Waals surface area contributed by atoms with Crippen LogP contribution in [0.15, 0.2) is 51.8 Å². The Hall–Kier alpha value is -2.96. The molecule has 0 saturated heterocycles. The molecule has 22 heavy (non-hydrogen) atoms. The lowest BCUT2D eigenvalue weighted by atomic mass is 10.2. The van der Waals surface area contributed by atoms with Crippen molar-refractivity contribution in [1.82, 2.24) is 9.55 Å². The highest BCUT2D eigenvalue weighted by Gasteiger charge is 2.10. The smallest absolute Gasteiger partial charge is 0.328 e. The van der Waals surface area contributed by atoms with Crippen LogP contribution in [0.4, 0.5) is 0 Å². The maximum absolute atomic E-state index is 12.3. The van der Waals surface area contributed by atoms with Crippen molar-refractivity contribution < 1.29 is 10.1 Å². The molecular formula is C15H16N4O3. The zero-order chi connectivity index (χ0) is 16.1. The van der Waals surface area contributed by atoms with Crippen LogP contribution >= 0.6 is 0 Å². The Balaban J connectivity index is 2.43. The molecule has 0 atom stereocenters. The fraction of sp³-hybridized carbons (Fsp3) is 0.200. The van der Waals surface area contributed by atoms with E-state index in [1.54, 1.807) is 19.3 Å². The second-order valence-corrected chi connectivity index (χ2v) is 4.65. The number of nitrogens with zero attached hydrogens (tertiary/aromatic N) is 2. The Morgan fingerprint density at radius 3 is 2.95 bits per heavy atom. The van der Waals surface area contributed by atoms with Gasteiger partial charge in [-0.1, -0.05) is 6.08 Å². The van der Waals surface area contributed by atoms with E-state index >= 15 is 0 Å². The Bertz CT molecular complexity index is 819. The average molecular weight is 300 g/mol. The van der Waals surface area contributed by atoms with Gasteiger partial charge in [0.1, 0.15) is 0 Å². The van der Waals surface area contributed by atoms with E-state index in [0.29, 0.717) is 6.54 Å². The molecule has 0 aliphatic rings. The molecule has 0 aliphatic carbocycles. The van der Waals surface area contributed by atoms with Crippen LogP contribution in [0.3, 0.4) is 0 Å². The monoisotopic (exact) mass is 300 g/mol. The summed E-state index contributed by atoms with van der Waals surface area (Å²) in [6.45, 7) is 5.41. The number of hydrogen-bond donors (Lipinski definition) is 1. The average Bonchev–Trinajstić information content (AvgIpc) is 2.50. The molecule has 2 N–H and O–H groups in total. The summed E-state index contributed by atoms with van der Waals surface area (Å²) >= 11 is 0. The van der Waals surface area contributed by atoms with Crippen molar-refractivity contribution in [3.63, 3.8) is 0 Å². The minimum Gasteiger partial charge on any atom is -0.859 e. The highest BCUT2D eigenvalue weighted by molar-refractivity contribution is 6.00. The number of rotatable bonds is 5. The third-order valence-corrected chi connectivity index (χ3v) is 3.10. The van der Waals surface area contributed by atoms with Gasteiger partial charge in [0.15, 0.2) is 12.4 Å². The minimum absolute atomic E-state index is 0.0301. The third-order valence-electron chi connectivity index (χ3n) is 3.10. The maximum Gasteiger partial charge on any atom is 0.328 e. The van der Waals surface area contributed by atoms with Gasteiger partial charge in [0.05, 0.1) is 12.1 Å². The molecule has 0 fully saturated rings. The Labute approximate surface area is 126 Å². The lowest BCUT2D eigenvalue weighted by Crippen LogP contribution is -2.36. The molecule has 0 amide bonds. The van der Waals surface area contributed by atoms with Crippen molar-refractivity contribution in [3.05, 3.63) is 69.1 Å². The highest BCUT2D eigenvalue weighted by Crippen LogP contribution is 2.09. The summed E-state index contributed by atoms with van der Waals surface area (Å²) in [6, 6.07) is 3.70.